The summed E-state index contributed by atoms with van der Waals surface area (Å²) in [6.07, 6.45) is 6.10. The molecule has 1 unspecified atom stereocenters. The van der Waals surface area contributed by atoms with Crippen molar-refractivity contribution in [3.8, 4) is 0 Å². The molecule has 0 saturated carbocycles. The number of hydrogen-bond donors (Lipinski definition) is 1. The summed E-state index contributed by atoms with van der Waals surface area (Å²) in [5.41, 5.74) is 1.76. The highest BCUT2D eigenvalue weighted by molar-refractivity contribution is 5.94. The Hall–Kier alpha value is -2.17. The van der Waals surface area contributed by atoms with Crippen LogP contribution >= 0.6 is 0 Å². The number of carbonyl (C=O) groups excluding carboxylic acids is 1. The summed E-state index contributed by atoms with van der Waals surface area (Å²) >= 11 is 0. The zero-order chi connectivity index (χ0) is 13.2. The number of aromatic nitrogens is 3. The van der Waals surface area contributed by atoms with Gasteiger partial charge in [-0.1, -0.05) is 0 Å². The summed E-state index contributed by atoms with van der Waals surface area (Å²) in [7, 11) is 0. The third-order valence-corrected chi connectivity index (χ3v) is 3.51. The summed E-state index contributed by atoms with van der Waals surface area (Å²) in [5, 5.41) is 0. The molecule has 1 aliphatic rings. The first-order valence-corrected chi connectivity index (χ1v) is 6.45. The van der Waals surface area contributed by atoms with Crippen LogP contribution in [0.1, 0.15) is 34.2 Å². The molecule has 0 spiro atoms. The average Bonchev–Trinajstić information content (AvgIpc) is 3.07. The SMILES string of the molecule is Cc1cnc(C2CCN(C(=O)c3ccncc3)C2)[nH]1. The second-order valence-electron chi connectivity index (χ2n) is 4.92. The maximum atomic E-state index is 12.3. The van der Waals surface area contributed by atoms with Gasteiger partial charge in [-0.2, -0.15) is 0 Å². The number of carbonyl (C=O) groups is 1. The highest BCUT2D eigenvalue weighted by Gasteiger charge is 2.29. The second kappa shape index (κ2) is 4.84. The van der Waals surface area contributed by atoms with Crippen LogP contribution in [0, 0.1) is 6.92 Å². The van der Waals surface area contributed by atoms with Crippen LogP contribution in [0.3, 0.4) is 0 Å². The smallest absolute Gasteiger partial charge is 0.253 e. The van der Waals surface area contributed by atoms with Crippen LogP contribution in [0.2, 0.25) is 0 Å². The fraction of sp³-hybridized carbons (Fsp3) is 0.357. The van der Waals surface area contributed by atoms with Crippen molar-refractivity contribution in [2.75, 3.05) is 13.1 Å². The van der Waals surface area contributed by atoms with E-state index < -0.39 is 0 Å². The van der Waals surface area contributed by atoms with Gasteiger partial charge in [0.25, 0.3) is 5.91 Å². The van der Waals surface area contributed by atoms with E-state index in [2.05, 4.69) is 15.0 Å². The van der Waals surface area contributed by atoms with E-state index in [0.717, 1.165) is 31.0 Å². The van der Waals surface area contributed by atoms with Crippen molar-refractivity contribution >= 4 is 5.91 Å². The molecular weight excluding hydrogens is 240 g/mol. The first-order valence-electron chi connectivity index (χ1n) is 6.45. The minimum absolute atomic E-state index is 0.0770. The summed E-state index contributed by atoms with van der Waals surface area (Å²) in [4.78, 5) is 25.7. The highest BCUT2D eigenvalue weighted by Crippen LogP contribution is 2.26. The standard InChI is InChI=1S/C14H16N4O/c1-10-8-16-13(17-10)12-4-7-18(9-12)14(19)11-2-5-15-6-3-11/h2-3,5-6,8,12H,4,7,9H2,1H3,(H,16,17). The zero-order valence-corrected chi connectivity index (χ0v) is 10.8. The van der Waals surface area contributed by atoms with Gasteiger partial charge in [-0.25, -0.2) is 4.98 Å². The van der Waals surface area contributed by atoms with Gasteiger partial charge in [0.15, 0.2) is 0 Å². The first-order chi connectivity index (χ1) is 9.24. The Morgan fingerprint density at radius 2 is 2.21 bits per heavy atom. The molecule has 1 fully saturated rings. The summed E-state index contributed by atoms with van der Waals surface area (Å²) in [6.45, 7) is 3.50. The molecule has 2 aromatic rings. The lowest BCUT2D eigenvalue weighted by atomic mass is 10.1. The van der Waals surface area contributed by atoms with Gasteiger partial charge < -0.3 is 9.88 Å². The van der Waals surface area contributed by atoms with Gasteiger partial charge in [-0.05, 0) is 25.5 Å². The molecule has 5 heteroatoms. The number of imidazole rings is 1. The van der Waals surface area contributed by atoms with Crippen LogP contribution in [-0.4, -0.2) is 38.8 Å². The second-order valence-corrected chi connectivity index (χ2v) is 4.92. The Bertz CT molecular complexity index is 578. The van der Waals surface area contributed by atoms with E-state index in [-0.39, 0.29) is 5.91 Å². The molecule has 3 heterocycles. The Morgan fingerprint density at radius 3 is 2.89 bits per heavy atom. The van der Waals surface area contributed by atoms with E-state index >= 15 is 0 Å². The number of nitrogens with one attached hydrogen (secondary N) is 1. The number of rotatable bonds is 2. The predicted octanol–water partition coefficient (Wildman–Crippen LogP) is 1.74. The fourth-order valence-electron chi connectivity index (χ4n) is 2.49. The lowest BCUT2D eigenvalue weighted by molar-refractivity contribution is 0.0790. The molecule has 3 rings (SSSR count). The number of amides is 1. The van der Waals surface area contributed by atoms with E-state index in [0.29, 0.717) is 11.5 Å². The molecule has 1 aliphatic heterocycles. The van der Waals surface area contributed by atoms with Gasteiger partial charge in [-0.15, -0.1) is 0 Å². The highest BCUT2D eigenvalue weighted by atomic mass is 16.2. The minimum Gasteiger partial charge on any atom is -0.346 e. The van der Waals surface area contributed by atoms with E-state index in [1.165, 1.54) is 0 Å². The summed E-state index contributed by atoms with van der Waals surface area (Å²) in [6, 6.07) is 3.51. The monoisotopic (exact) mass is 256 g/mol. The number of likely N-dealkylation sites (tertiary alicyclic amines) is 1. The van der Waals surface area contributed by atoms with E-state index in [1.807, 2.05) is 18.0 Å². The van der Waals surface area contributed by atoms with Gasteiger partial charge in [0.1, 0.15) is 5.82 Å². The van der Waals surface area contributed by atoms with Crippen molar-refractivity contribution in [1.82, 2.24) is 19.9 Å². The molecule has 0 aromatic carbocycles. The Labute approximate surface area is 111 Å². The van der Waals surface area contributed by atoms with Gasteiger partial charge in [0.2, 0.25) is 0 Å². The topological polar surface area (TPSA) is 61.9 Å². The molecule has 1 amide bonds. The normalized spacial score (nSPS) is 18.8. The molecule has 1 saturated heterocycles. The van der Waals surface area contributed by atoms with Crippen molar-refractivity contribution in [1.29, 1.82) is 0 Å². The molecule has 0 aliphatic carbocycles. The third kappa shape index (κ3) is 2.36. The van der Waals surface area contributed by atoms with Gasteiger partial charge in [-0.3, -0.25) is 9.78 Å². The number of aryl methyl sites for hydroxylation is 1. The number of hydrogen-bond acceptors (Lipinski definition) is 3. The van der Waals surface area contributed by atoms with Crippen LogP contribution < -0.4 is 0 Å². The molecule has 0 radical (unpaired) electrons. The lowest BCUT2D eigenvalue weighted by Crippen LogP contribution is -2.28. The van der Waals surface area contributed by atoms with Crippen LogP contribution in [0.25, 0.3) is 0 Å². The van der Waals surface area contributed by atoms with Crippen LogP contribution in [0.15, 0.2) is 30.7 Å². The fourth-order valence-corrected chi connectivity index (χ4v) is 2.49. The maximum Gasteiger partial charge on any atom is 0.253 e. The number of nitrogens with zero attached hydrogens (tertiary/aromatic N) is 3. The molecular formula is C14H16N4O. The lowest BCUT2D eigenvalue weighted by Gasteiger charge is -2.15. The summed E-state index contributed by atoms with van der Waals surface area (Å²) < 4.78 is 0. The van der Waals surface area contributed by atoms with Crippen molar-refractivity contribution in [3.05, 3.63) is 47.8 Å². The molecule has 0 bridgehead atoms. The number of H-pyrrole nitrogens is 1. The molecule has 98 valence electrons. The molecule has 1 N–H and O–H groups in total. The van der Waals surface area contributed by atoms with Crippen LogP contribution in [0.4, 0.5) is 0 Å². The zero-order valence-electron chi connectivity index (χ0n) is 10.8. The summed E-state index contributed by atoms with van der Waals surface area (Å²) in [5.74, 6) is 1.38. The molecule has 1 atom stereocenters. The Kier molecular flexibility index (Phi) is 3.03. The van der Waals surface area contributed by atoms with Crippen molar-refractivity contribution in [2.45, 2.75) is 19.3 Å². The molecule has 19 heavy (non-hydrogen) atoms. The number of aromatic amines is 1. The van der Waals surface area contributed by atoms with Crippen molar-refractivity contribution < 1.29 is 4.79 Å². The molecule has 2 aromatic heterocycles. The van der Waals surface area contributed by atoms with Crippen molar-refractivity contribution in [3.63, 3.8) is 0 Å². The average molecular weight is 256 g/mol. The van der Waals surface area contributed by atoms with Gasteiger partial charge in [0, 0.05) is 48.9 Å². The van der Waals surface area contributed by atoms with E-state index in [9.17, 15) is 4.79 Å². The predicted molar refractivity (Wildman–Crippen MR) is 70.8 cm³/mol. The maximum absolute atomic E-state index is 12.3. The third-order valence-electron chi connectivity index (χ3n) is 3.51. The van der Waals surface area contributed by atoms with E-state index in [1.54, 1.807) is 24.5 Å². The van der Waals surface area contributed by atoms with E-state index in [4.69, 9.17) is 0 Å². The Balaban J connectivity index is 1.71. The van der Waals surface area contributed by atoms with Crippen molar-refractivity contribution in [2.24, 2.45) is 0 Å². The Morgan fingerprint density at radius 1 is 1.42 bits per heavy atom. The van der Waals surface area contributed by atoms with Crippen LogP contribution in [0.5, 0.6) is 0 Å². The molecule has 5 nitrogen and oxygen atoms in total. The van der Waals surface area contributed by atoms with Gasteiger partial charge >= 0.3 is 0 Å². The largest absolute Gasteiger partial charge is 0.346 e. The minimum atomic E-state index is 0.0770. The van der Waals surface area contributed by atoms with Crippen LogP contribution in [-0.2, 0) is 0 Å². The first kappa shape index (κ1) is 11.9. The number of pyridine rings is 1. The quantitative estimate of drug-likeness (QED) is 0.890. The van der Waals surface area contributed by atoms with Gasteiger partial charge in [0.05, 0.1) is 0 Å².